The van der Waals surface area contributed by atoms with Crippen LogP contribution in [0.4, 0.5) is 14.5 Å². The van der Waals surface area contributed by atoms with Crippen molar-refractivity contribution in [2.45, 2.75) is 19.3 Å². The molecule has 1 aromatic heterocycles. The molecule has 5 nitrogen and oxygen atoms in total. The molecule has 0 N–H and O–H groups in total. The third kappa shape index (κ3) is 2.78. The average Bonchev–Trinajstić information content (AvgIpc) is 2.80. The quantitative estimate of drug-likeness (QED) is 0.766. The second-order valence-corrected chi connectivity index (χ2v) is 6.81. The van der Waals surface area contributed by atoms with Gasteiger partial charge in [-0.3, -0.25) is 4.79 Å². The molecule has 1 aromatic carbocycles. The predicted molar refractivity (Wildman–Crippen MR) is 91.2 cm³/mol. The summed E-state index contributed by atoms with van der Waals surface area (Å²) >= 11 is 5.72. The van der Waals surface area contributed by atoms with Gasteiger partial charge in [0, 0.05) is 25.1 Å². The average molecular weight is 365 g/mol. The van der Waals surface area contributed by atoms with Crippen molar-refractivity contribution in [2.24, 2.45) is 4.99 Å². The van der Waals surface area contributed by atoms with Gasteiger partial charge in [-0.25, -0.2) is 23.7 Å². The molecule has 0 radical (unpaired) electrons. The number of nitrogens with zero attached hydrogens (tertiary/aromatic N) is 4. The van der Waals surface area contributed by atoms with Crippen molar-refractivity contribution >= 4 is 28.9 Å². The SMILES string of the molecule is CN(C)C(=O)C1=Nc2c(F)cc(-c3nc(Cl)ncc3F)cc2C1(C)C. The highest BCUT2D eigenvalue weighted by atomic mass is 35.5. The molecule has 1 aliphatic heterocycles. The van der Waals surface area contributed by atoms with Crippen LogP contribution in [0.3, 0.4) is 0 Å². The van der Waals surface area contributed by atoms with E-state index in [1.807, 2.05) is 0 Å². The van der Waals surface area contributed by atoms with Crippen LogP contribution in [0.15, 0.2) is 23.3 Å². The molecule has 0 unspecified atom stereocenters. The molecule has 3 rings (SSSR count). The Morgan fingerprint density at radius 3 is 2.52 bits per heavy atom. The van der Waals surface area contributed by atoms with Crippen LogP contribution >= 0.6 is 11.6 Å². The topological polar surface area (TPSA) is 58.5 Å². The molecular weight excluding hydrogens is 350 g/mol. The Hall–Kier alpha value is -2.41. The van der Waals surface area contributed by atoms with Crippen LogP contribution < -0.4 is 0 Å². The van der Waals surface area contributed by atoms with E-state index >= 15 is 0 Å². The van der Waals surface area contributed by atoms with Crippen LogP contribution in [0, 0.1) is 11.6 Å². The van der Waals surface area contributed by atoms with Crippen molar-refractivity contribution in [3.05, 3.63) is 40.8 Å². The third-order valence-electron chi connectivity index (χ3n) is 4.15. The number of aliphatic imine (C=N–C) groups is 1. The highest BCUT2D eigenvalue weighted by molar-refractivity contribution is 6.43. The Balaban J connectivity index is 2.18. The molecule has 0 aliphatic carbocycles. The molecule has 1 amide bonds. The maximum Gasteiger partial charge on any atom is 0.268 e. The van der Waals surface area contributed by atoms with Crippen molar-refractivity contribution in [3.8, 4) is 11.3 Å². The highest BCUT2D eigenvalue weighted by Gasteiger charge is 2.41. The molecule has 25 heavy (non-hydrogen) atoms. The summed E-state index contributed by atoms with van der Waals surface area (Å²) in [6.45, 7) is 3.54. The molecule has 2 heterocycles. The highest BCUT2D eigenvalue weighted by Crippen LogP contribution is 2.44. The smallest absolute Gasteiger partial charge is 0.268 e. The Kier molecular flexibility index (Phi) is 4.07. The van der Waals surface area contributed by atoms with E-state index in [4.69, 9.17) is 11.6 Å². The van der Waals surface area contributed by atoms with E-state index in [-0.39, 0.29) is 33.8 Å². The van der Waals surface area contributed by atoms with Crippen molar-refractivity contribution in [2.75, 3.05) is 14.1 Å². The molecule has 0 spiro atoms. The lowest BCUT2D eigenvalue weighted by molar-refractivity contribution is -0.122. The fourth-order valence-corrected chi connectivity index (χ4v) is 2.91. The van der Waals surface area contributed by atoms with Gasteiger partial charge >= 0.3 is 0 Å². The minimum Gasteiger partial charge on any atom is -0.344 e. The molecule has 0 fully saturated rings. The normalized spacial score (nSPS) is 14.9. The zero-order valence-electron chi connectivity index (χ0n) is 14.1. The number of hydrogen-bond donors (Lipinski definition) is 0. The molecule has 130 valence electrons. The van der Waals surface area contributed by atoms with Crippen LogP contribution in [0.1, 0.15) is 19.4 Å². The van der Waals surface area contributed by atoms with Gasteiger partial charge in [-0.15, -0.1) is 0 Å². The number of carbonyl (C=O) groups is 1. The van der Waals surface area contributed by atoms with Gasteiger partial charge in [0.2, 0.25) is 5.28 Å². The lowest BCUT2D eigenvalue weighted by Crippen LogP contribution is -2.39. The summed E-state index contributed by atoms with van der Waals surface area (Å²) in [6.07, 6.45) is 0.929. The fourth-order valence-electron chi connectivity index (χ4n) is 2.78. The summed E-state index contributed by atoms with van der Waals surface area (Å²) in [6, 6.07) is 2.71. The summed E-state index contributed by atoms with van der Waals surface area (Å²) in [5.41, 5.74) is 0.0664. The van der Waals surface area contributed by atoms with Gasteiger partial charge in [0.25, 0.3) is 5.91 Å². The molecule has 0 atom stereocenters. The predicted octanol–water partition coefficient (Wildman–Crippen LogP) is 3.53. The number of halogens is 3. The lowest BCUT2D eigenvalue weighted by Gasteiger charge is -2.24. The van der Waals surface area contributed by atoms with E-state index in [0.29, 0.717) is 5.56 Å². The zero-order valence-corrected chi connectivity index (χ0v) is 14.8. The molecule has 2 aromatic rings. The van der Waals surface area contributed by atoms with E-state index in [0.717, 1.165) is 12.3 Å². The second kappa shape index (κ2) is 5.84. The standard InChI is InChI=1S/C17H15ClF2N4O/c1-17(2)9-5-8(12-11(20)7-21-16(18)23-12)6-10(19)13(9)22-14(17)15(25)24(3)4/h5-7H,1-4H3. The van der Waals surface area contributed by atoms with E-state index in [1.54, 1.807) is 34.0 Å². The van der Waals surface area contributed by atoms with E-state index < -0.39 is 17.0 Å². The minimum atomic E-state index is -0.833. The zero-order chi connectivity index (χ0) is 18.5. The summed E-state index contributed by atoms with van der Waals surface area (Å²) in [5, 5.41) is -0.142. The summed E-state index contributed by atoms with van der Waals surface area (Å²) in [5.74, 6) is -1.68. The Bertz CT molecular complexity index is 925. The molecule has 0 bridgehead atoms. The van der Waals surface area contributed by atoms with Crippen LogP contribution in [-0.2, 0) is 10.2 Å². The Morgan fingerprint density at radius 1 is 1.20 bits per heavy atom. The van der Waals surface area contributed by atoms with Crippen molar-refractivity contribution < 1.29 is 13.6 Å². The number of aromatic nitrogens is 2. The van der Waals surface area contributed by atoms with Crippen molar-refractivity contribution in [1.29, 1.82) is 0 Å². The van der Waals surface area contributed by atoms with Gasteiger partial charge < -0.3 is 4.90 Å². The molecule has 1 aliphatic rings. The molecular formula is C17H15ClF2N4O. The van der Waals surface area contributed by atoms with E-state index in [2.05, 4.69) is 15.0 Å². The van der Waals surface area contributed by atoms with Gasteiger partial charge in [-0.1, -0.05) is 0 Å². The first kappa shape index (κ1) is 17.4. The number of hydrogen-bond acceptors (Lipinski definition) is 4. The van der Waals surface area contributed by atoms with Gasteiger partial charge in [0.1, 0.15) is 22.9 Å². The van der Waals surface area contributed by atoms with Gasteiger partial charge in [0.05, 0.1) is 6.20 Å². The van der Waals surface area contributed by atoms with Crippen molar-refractivity contribution in [3.63, 3.8) is 0 Å². The maximum atomic E-state index is 14.6. The van der Waals surface area contributed by atoms with E-state index in [1.165, 1.54) is 4.90 Å². The first-order valence-electron chi connectivity index (χ1n) is 7.46. The number of amides is 1. The van der Waals surface area contributed by atoms with Crippen LogP contribution in [-0.4, -0.2) is 40.6 Å². The number of rotatable bonds is 2. The third-order valence-corrected chi connectivity index (χ3v) is 4.33. The number of carbonyl (C=O) groups excluding carboxylic acids is 1. The largest absolute Gasteiger partial charge is 0.344 e. The Labute approximate surface area is 148 Å². The number of benzene rings is 1. The maximum absolute atomic E-state index is 14.6. The minimum absolute atomic E-state index is 0.0829. The van der Waals surface area contributed by atoms with Gasteiger partial charge in [0.15, 0.2) is 5.82 Å². The molecule has 0 saturated carbocycles. The first-order valence-corrected chi connectivity index (χ1v) is 7.84. The summed E-state index contributed by atoms with van der Waals surface area (Å²) < 4.78 is 28.7. The monoisotopic (exact) mass is 364 g/mol. The fraction of sp³-hybridized carbons (Fsp3) is 0.294. The van der Waals surface area contributed by atoms with Gasteiger partial charge in [-0.05, 0) is 43.1 Å². The molecule has 0 saturated heterocycles. The summed E-state index contributed by atoms with van der Waals surface area (Å²) in [4.78, 5) is 25.3. The first-order chi connectivity index (χ1) is 11.6. The van der Waals surface area contributed by atoms with Crippen LogP contribution in [0.5, 0.6) is 0 Å². The van der Waals surface area contributed by atoms with Crippen molar-refractivity contribution in [1.82, 2.24) is 14.9 Å². The van der Waals surface area contributed by atoms with Gasteiger partial charge in [-0.2, -0.15) is 0 Å². The number of fused-ring (bicyclic) bond motifs is 1. The lowest BCUT2D eigenvalue weighted by atomic mass is 9.80. The second-order valence-electron chi connectivity index (χ2n) is 6.47. The summed E-state index contributed by atoms with van der Waals surface area (Å²) in [7, 11) is 3.20. The Morgan fingerprint density at radius 2 is 1.88 bits per heavy atom. The van der Waals surface area contributed by atoms with Crippen LogP contribution in [0.25, 0.3) is 11.3 Å². The van der Waals surface area contributed by atoms with E-state index in [9.17, 15) is 13.6 Å². The molecule has 8 heteroatoms. The van der Waals surface area contributed by atoms with Crippen LogP contribution in [0.2, 0.25) is 5.28 Å².